The molecule has 1 heterocycles. The topological polar surface area (TPSA) is 79.2 Å². The fourth-order valence-corrected chi connectivity index (χ4v) is 1.98. The van der Waals surface area contributed by atoms with Crippen molar-refractivity contribution >= 4 is 17.3 Å². The van der Waals surface area contributed by atoms with Crippen molar-refractivity contribution in [2.75, 3.05) is 17.2 Å². The van der Waals surface area contributed by atoms with E-state index in [1.165, 1.54) is 6.92 Å². The van der Waals surface area contributed by atoms with Crippen molar-refractivity contribution in [2.24, 2.45) is 0 Å². The molecule has 1 aromatic heterocycles. The molecule has 0 atom stereocenters. The van der Waals surface area contributed by atoms with Crippen LogP contribution in [0.5, 0.6) is 0 Å². The van der Waals surface area contributed by atoms with Gasteiger partial charge in [-0.2, -0.15) is 5.10 Å². The van der Waals surface area contributed by atoms with Crippen molar-refractivity contribution in [3.63, 3.8) is 0 Å². The Morgan fingerprint density at radius 3 is 2.95 bits per heavy atom. The summed E-state index contributed by atoms with van der Waals surface area (Å²) in [6.07, 6.45) is 3.66. The molecule has 1 aromatic carbocycles. The number of carbonyl (C=O) groups is 1. The Kier molecular flexibility index (Phi) is 4.94. The molecule has 1 amide bonds. The number of benzene rings is 1. The summed E-state index contributed by atoms with van der Waals surface area (Å²) in [7, 11) is 0. The number of hydrogen-bond donors (Lipinski definition) is 3. The second kappa shape index (κ2) is 6.90. The highest BCUT2D eigenvalue weighted by atomic mass is 16.3. The van der Waals surface area contributed by atoms with Crippen LogP contribution in [-0.4, -0.2) is 27.4 Å². The minimum atomic E-state index is -0.0828. The average molecular weight is 288 g/mol. The lowest BCUT2D eigenvalue weighted by Crippen LogP contribution is -2.08. The van der Waals surface area contributed by atoms with E-state index in [0.29, 0.717) is 13.1 Å². The molecule has 0 saturated carbocycles. The van der Waals surface area contributed by atoms with Gasteiger partial charge < -0.3 is 15.7 Å². The summed E-state index contributed by atoms with van der Waals surface area (Å²) in [5.74, 6) is -0.0828. The number of aromatic nitrogens is 2. The van der Waals surface area contributed by atoms with Crippen LogP contribution in [0, 0.1) is 6.92 Å². The highest BCUT2D eigenvalue weighted by molar-refractivity contribution is 5.90. The molecule has 0 radical (unpaired) electrons. The molecule has 6 heteroatoms. The molecular weight excluding hydrogens is 268 g/mol. The van der Waals surface area contributed by atoms with Crippen LogP contribution in [0.4, 0.5) is 11.4 Å². The van der Waals surface area contributed by atoms with E-state index >= 15 is 0 Å². The number of nitrogens with zero attached hydrogens (tertiary/aromatic N) is 2. The van der Waals surface area contributed by atoms with Crippen LogP contribution in [0.2, 0.25) is 0 Å². The number of aryl methyl sites for hydroxylation is 1. The molecule has 0 aliphatic heterocycles. The zero-order chi connectivity index (χ0) is 15.2. The van der Waals surface area contributed by atoms with Crippen molar-refractivity contribution in [3.05, 3.63) is 41.7 Å². The smallest absolute Gasteiger partial charge is 0.221 e. The molecular formula is C15H20N4O2. The van der Waals surface area contributed by atoms with Gasteiger partial charge in [0.15, 0.2) is 0 Å². The van der Waals surface area contributed by atoms with Crippen molar-refractivity contribution in [2.45, 2.75) is 26.9 Å². The van der Waals surface area contributed by atoms with Gasteiger partial charge in [0.2, 0.25) is 5.91 Å². The van der Waals surface area contributed by atoms with Gasteiger partial charge in [-0.3, -0.25) is 9.48 Å². The van der Waals surface area contributed by atoms with Gasteiger partial charge in [0.05, 0.1) is 19.3 Å². The van der Waals surface area contributed by atoms with Gasteiger partial charge >= 0.3 is 0 Å². The lowest BCUT2D eigenvalue weighted by Gasteiger charge is -2.10. The van der Waals surface area contributed by atoms with Crippen LogP contribution in [-0.2, 0) is 17.9 Å². The van der Waals surface area contributed by atoms with Crippen LogP contribution in [0.25, 0.3) is 0 Å². The molecule has 0 spiro atoms. The van der Waals surface area contributed by atoms with E-state index in [-0.39, 0.29) is 12.5 Å². The average Bonchev–Trinajstić information content (AvgIpc) is 2.87. The molecule has 0 fully saturated rings. The third-order valence-electron chi connectivity index (χ3n) is 3.06. The largest absolute Gasteiger partial charge is 0.394 e. The number of aliphatic hydroxyl groups is 1. The standard InChI is InChI=1S/C15H20N4O2/c1-11-3-4-14(7-15(11)18-12(2)21)16-8-13-9-17-19(10-13)5-6-20/h3-4,7,9-10,16,20H,5-6,8H2,1-2H3,(H,18,21). The molecule has 0 bridgehead atoms. The van der Waals surface area contributed by atoms with Crippen LogP contribution in [0.15, 0.2) is 30.6 Å². The summed E-state index contributed by atoms with van der Waals surface area (Å²) < 4.78 is 1.70. The van der Waals surface area contributed by atoms with E-state index < -0.39 is 0 Å². The summed E-state index contributed by atoms with van der Waals surface area (Å²) in [4.78, 5) is 11.2. The van der Waals surface area contributed by atoms with Gasteiger partial charge in [0.25, 0.3) is 0 Å². The van der Waals surface area contributed by atoms with Crippen molar-refractivity contribution in [1.29, 1.82) is 0 Å². The monoisotopic (exact) mass is 288 g/mol. The molecule has 112 valence electrons. The number of nitrogens with one attached hydrogen (secondary N) is 2. The van der Waals surface area contributed by atoms with E-state index in [4.69, 9.17) is 5.11 Å². The first-order valence-corrected chi connectivity index (χ1v) is 6.83. The Hall–Kier alpha value is -2.34. The molecule has 6 nitrogen and oxygen atoms in total. The predicted molar refractivity (Wildman–Crippen MR) is 82.1 cm³/mol. The fraction of sp³-hybridized carbons (Fsp3) is 0.333. The maximum Gasteiger partial charge on any atom is 0.221 e. The van der Waals surface area contributed by atoms with Crippen LogP contribution >= 0.6 is 0 Å². The maximum atomic E-state index is 11.2. The van der Waals surface area contributed by atoms with Gasteiger partial charge in [-0.15, -0.1) is 0 Å². The first-order valence-electron chi connectivity index (χ1n) is 6.83. The Balaban J connectivity index is 2.00. The highest BCUT2D eigenvalue weighted by Gasteiger charge is 2.03. The quantitative estimate of drug-likeness (QED) is 0.756. The Labute approximate surface area is 123 Å². The summed E-state index contributed by atoms with van der Waals surface area (Å²) in [5, 5.41) is 19.1. The van der Waals surface area contributed by atoms with E-state index in [1.54, 1.807) is 10.9 Å². The van der Waals surface area contributed by atoms with Crippen molar-refractivity contribution < 1.29 is 9.90 Å². The van der Waals surface area contributed by atoms with E-state index in [1.807, 2.05) is 31.3 Å². The van der Waals surface area contributed by atoms with Crippen molar-refractivity contribution in [3.8, 4) is 0 Å². The van der Waals surface area contributed by atoms with Gasteiger partial charge in [0.1, 0.15) is 0 Å². The van der Waals surface area contributed by atoms with Crippen LogP contribution < -0.4 is 10.6 Å². The maximum absolute atomic E-state index is 11.2. The summed E-state index contributed by atoms with van der Waals surface area (Å²) in [5.41, 5.74) is 3.79. The van der Waals surface area contributed by atoms with Crippen LogP contribution in [0.3, 0.4) is 0 Å². The molecule has 0 saturated heterocycles. The van der Waals surface area contributed by atoms with E-state index in [2.05, 4.69) is 15.7 Å². The third-order valence-corrected chi connectivity index (χ3v) is 3.06. The third kappa shape index (κ3) is 4.32. The van der Waals surface area contributed by atoms with E-state index in [0.717, 1.165) is 22.5 Å². The van der Waals surface area contributed by atoms with E-state index in [9.17, 15) is 4.79 Å². The van der Waals surface area contributed by atoms with Gasteiger partial charge in [0, 0.05) is 36.6 Å². The first kappa shape index (κ1) is 15.1. The second-order valence-electron chi connectivity index (χ2n) is 4.90. The highest BCUT2D eigenvalue weighted by Crippen LogP contribution is 2.20. The summed E-state index contributed by atoms with van der Waals surface area (Å²) in [6.45, 7) is 4.65. The minimum absolute atomic E-state index is 0.0760. The Morgan fingerprint density at radius 2 is 2.24 bits per heavy atom. The number of hydrogen-bond acceptors (Lipinski definition) is 4. The number of aliphatic hydroxyl groups excluding tert-OH is 1. The molecule has 2 aromatic rings. The van der Waals surface area contributed by atoms with Crippen LogP contribution in [0.1, 0.15) is 18.1 Å². The lowest BCUT2D eigenvalue weighted by molar-refractivity contribution is -0.114. The minimum Gasteiger partial charge on any atom is -0.394 e. The number of amides is 1. The summed E-state index contributed by atoms with van der Waals surface area (Å²) >= 11 is 0. The molecule has 2 rings (SSSR count). The summed E-state index contributed by atoms with van der Waals surface area (Å²) in [6, 6.07) is 5.84. The Morgan fingerprint density at radius 1 is 1.43 bits per heavy atom. The Bertz CT molecular complexity index is 622. The van der Waals surface area contributed by atoms with Gasteiger partial charge in [-0.05, 0) is 24.6 Å². The number of carbonyl (C=O) groups excluding carboxylic acids is 1. The first-order chi connectivity index (χ1) is 10.1. The second-order valence-corrected chi connectivity index (χ2v) is 4.90. The zero-order valence-corrected chi connectivity index (χ0v) is 12.3. The SMILES string of the molecule is CC(=O)Nc1cc(NCc2cnn(CCO)c2)ccc1C. The predicted octanol–water partition coefficient (Wildman–Crippen LogP) is 1.75. The lowest BCUT2D eigenvalue weighted by atomic mass is 10.1. The number of rotatable bonds is 6. The number of anilines is 2. The molecule has 21 heavy (non-hydrogen) atoms. The van der Waals surface area contributed by atoms with Crippen molar-refractivity contribution in [1.82, 2.24) is 9.78 Å². The normalized spacial score (nSPS) is 10.4. The van der Waals surface area contributed by atoms with Gasteiger partial charge in [-0.25, -0.2) is 0 Å². The fourth-order valence-electron chi connectivity index (χ4n) is 1.98. The molecule has 0 aliphatic carbocycles. The molecule has 0 aliphatic rings. The zero-order valence-electron chi connectivity index (χ0n) is 12.3. The molecule has 0 unspecified atom stereocenters. The molecule has 3 N–H and O–H groups in total. The van der Waals surface area contributed by atoms with Gasteiger partial charge in [-0.1, -0.05) is 6.07 Å².